The summed E-state index contributed by atoms with van der Waals surface area (Å²) in [4.78, 5) is 12.2. The quantitative estimate of drug-likeness (QED) is 0.630. The standard InChI is InChI=1S/C14H19NO3/c1-17-10-9-15-14(13(16)18-2)8-7-11-5-3-4-6-12(11)14/h3-6,15H,7-10H2,1-2H3. The molecule has 1 aliphatic carbocycles. The van der Waals surface area contributed by atoms with Crippen molar-refractivity contribution in [2.24, 2.45) is 0 Å². The Balaban J connectivity index is 2.30. The number of carbonyl (C=O) groups excluding carboxylic acids is 1. The number of benzene rings is 1. The van der Waals surface area contributed by atoms with Crippen molar-refractivity contribution >= 4 is 5.97 Å². The Morgan fingerprint density at radius 1 is 1.39 bits per heavy atom. The highest BCUT2D eigenvalue weighted by molar-refractivity contribution is 5.84. The van der Waals surface area contributed by atoms with Gasteiger partial charge in [-0.3, -0.25) is 5.32 Å². The molecule has 0 heterocycles. The first kappa shape index (κ1) is 13.1. The highest BCUT2D eigenvalue weighted by atomic mass is 16.5. The van der Waals surface area contributed by atoms with Crippen LogP contribution in [0.1, 0.15) is 17.5 Å². The van der Waals surface area contributed by atoms with Crippen LogP contribution in [0, 0.1) is 0 Å². The zero-order chi connectivity index (χ0) is 13.0. The summed E-state index contributed by atoms with van der Waals surface area (Å²) >= 11 is 0. The lowest BCUT2D eigenvalue weighted by Crippen LogP contribution is -2.49. The molecule has 4 heteroatoms. The van der Waals surface area contributed by atoms with Gasteiger partial charge in [0.15, 0.2) is 0 Å². The Morgan fingerprint density at radius 3 is 2.89 bits per heavy atom. The Labute approximate surface area is 107 Å². The second-order valence-electron chi connectivity index (χ2n) is 4.47. The van der Waals surface area contributed by atoms with Gasteiger partial charge in [0.05, 0.1) is 13.7 Å². The Kier molecular flexibility index (Phi) is 3.99. The third-order valence-electron chi connectivity index (χ3n) is 3.51. The SMILES string of the molecule is COCCNC1(C(=O)OC)CCc2ccccc21. The first-order valence-electron chi connectivity index (χ1n) is 6.15. The van der Waals surface area contributed by atoms with Gasteiger partial charge in [0, 0.05) is 13.7 Å². The third kappa shape index (κ3) is 2.13. The lowest BCUT2D eigenvalue weighted by Gasteiger charge is -2.28. The van der Waals surface area contributed by atoms with Crippen LogP contribution in [0.4, 0.5) is 0 Å². The van der Waals surface area contributed by atoms with Gasteiger partial charge in [-0.1, -0.05) is 24.3 Å². The molecule has 2 rings (SSSR count). The lowest BCUT2D eigenvalue weighted by molar-refractivity contribution is -0.149. The maximum atomic E-state index is 12.2. The van der Waals surface area contributed by atoms with Crippen LogP contribution in [0.5, 0.6) is 0 Å². The van der Waals surface area contributed by atoms with Gasteiger partial charge < -0.3 is 9.47 Å². The van der Waals surface area contributed by atoms with E-state index < -0.39 is 5.54 Å². The topological polar surface area (TPSA) is 47.6 Å². The minimum atomic E-state index is -0.704. The minimum Gasteiger partial charge on any atom is -0.467 e. The van der Waals surface area contributed by atoms with Gasteiger partial charge in [-0.25, -0.2) is 4.79 Å². The van der Waals surface area contributed by atoms with Crippen molar-refractivity contribution in [2.75, 3.05) is 27.4 Å². The molecule has 0 fully saturated rings. The summed E-state index contributed by atoms with van der Waals surface area (Å²) in [7, 11) is 3.08. The zero-order valence-electron chi connectivity index (χ0n) is 10.9. The largest absolute Gasteiger partial charge is 0.467 e. The van der Waals surface area contributed by atoms with Crippen molar-refractivity contribution in [3.63, 3.8) is 0 Å². The van der Waals surface area contributed by atoms with Crippen molar-refractivity contribution in [2.45, 2.75) is 18.4 Å². The number of carbonyl (C=O) groups is 1. The van der Waals surface area contributed by atoms with E-state index in [2.05, 4.69) is 11.4 Å². The third-order valence-corrected chi connectivity index (χ3v) is 3.51. The van der Waals surface area contributed by atoms with Crippen molar-refractivity contribution in [3.8, 4) is 0 Å². The van der Waals surface area contributed by atoms with Gasteiger partial charge in [-0.05, 0) is 24.0 Å². The monoisotopic (exact) mass is 249 g/mol. The maximum Gasteiger partial charge on any atom is 0.330 e. The molecule has 0 aliphatic heterocycles. The van der Waals surface area contributed by atoms with E-state index in [0.29, 0.717) is 13.2 Å². The second-order valence-corrected chi connectivity index (χ2v) is 4.47. The molecule has 18 heavy (non-hydrogen) atoms. The highest BCUT2D eigenvalue weighted by Gasteiger charge is 2.45. The van der Waals surface area contributed by atoms with Gasteiger partial charge in [-0.15, -0.1) is 0 Å². The second kappa shape index (κ2) is 5.50. The normalized spacial score (nSPS) is 21.7. The van der Waals surface area contributed by atoms with E-state index in [1.165, 1.54) is 12.7 Å². The molecule has 0 spiro atoms. The van der Waals surface area contributed by atoms with Gasteiger partial charge in [0.2, 0.25) is 0 Å². The summed E-state index contributed by atoms with van der Waals surface area (Å²) in [5, 5.41) is 3.30. The molecular formula is C14H19NO3. The first-order valence-corrected chi connectivity index (χ1v) is 6.15. The van der Waals surface area contributed by atoms with E-state index in [1.807, 2.05) is 18.2 Å². The molecule has 98 valence electrons. The fourth-order valence-corrected chi connectivity index (χ4v) is 2.62. The molecule has 0 amide bonds. The van der Waals surface area contributed by atoms with E-state index in [0.717, 1.165) is 18.4 Å². The van der Waals surface area contributed by atoms with E-state index in [4.69, 9.17) is 9.47 Å². The van der Waals surface area contributed by atoms with Crippen LogP contribution in [-0.2, 0) is 26.2 Å². The predicted octanol–water partition coefficient (Wildman–Crippen LogP) is 1.24. The number of hydrogen-bond acceptors (Lipinski definition) is 4. The highest BCUT2D eigenvalue weighted by Crippen LogP contribution is 2.37. The summed E-state index contributed by atoms with van der Waals surface area (Å²) in [6.45, 7) is 1.20. The molecule has 1 unspecified atom stereocenters. The lowest BCUT2D eigenvalue weighted by atomic mass is 9.91. The number of rotatable bonds is 5. The molecule has 0 bridgehead atoms. The van der Waals surface area contributed by atoms with Crippen LogP contribution in [0.2, 0.25) is 0 Å². The fourth-order valence-electron chi connectivity index (χ4n) is 2.62. The molecule has 1 aromatic rings. The number of aryl methyl sites for hydroxylation is 1. The number of fused-ring (bicyclic) bond motifs is 1. The average molecular weight is 249 g/mol. The fraction of sp³-hybridized carbons (Fsp3) is 0.500. The molecule has 1 aliphatic rings. The molecule has 1 aromatic carbocycles. The molecule has 1 atom stereocenters. The summed E-state index contributed by atoms with van der Waals surface area (Å²) in [5.41, 5.74) is 1.55. The van der Waals surface area contributed by atoms with Crippen molar-refractivity contribution in [1.29, 1.82) is 0 Å². The molecule has 4 nitrogen and oxygen atoms in total. The van der Waals surface area contributed by atoms with Gasteiger partial charge >= 0.3 is 5.97 Å². The predicted molar refractivity (Wildman–Crippen MR) is 68.3 cm³/mol. The summed E-state index contributed by atoms with van der Waals surface area (Å²) < 4.78 is 10.0. The Hall–Kier alpha value is -1.39. The first-order chi connectivity index (χ1) is 8.74. The van der Waals surface area contributed by atoms with Crippen LogP contribution in [-0.4, -0.2) is 33.3 Å². The van der Waals surface area contributed by atoms with Gasteiger partial charge in [0.25, 0.3) is 0 Å². The van der Waals surface area contributed by atoms with Crippen LogP contribution in [0.15, 0.2) is 24.3 Å². The minimum absolute atomic E-state index is 0.219. The summed E-state index contributed by atoms with van der Waals surface area (Å²) in [6.07, 6.45) is 1.63. The molecular weight excluding hydrogens is 230 g/mol. The van der Waals surface area contributed by atoms with Crippen LogP contribution < -0.4 is 5.32 Å². The Morgan fingerprint density at radius 2 is 2.17 bits per heavy atom. The van der Waals surface area contributed by atoms with E-state index >= 15 is 0 Å². The van der Waals surface area contributed by atoms with Gasteiger partial charge in [0.1, 0.15) is 5.54 Å². The summed E-state index contributed by atoms with van der Waals surface area (Å²) in [6, 6.07) is 8.03. The summed E-state index contributed by atoms with van der Waals surface area (Å²) in [5.74, 6) is -0.219. The smallest absolute Gasteiger partial charge is 0.330 e. The zero-order valence-corrected chi connectivity index (χ0v) is 10.9. The molecule has 0 saturated heterocycles. The molecule has 1 N–H and O–H groups in total. The van der Waals surface area contributed by atoms with Crippen molar-refractivity contribution < 1.29 is 14.3 Å². The molecule has 0 radical (unpaired) electrons. The van der Waals surface area contributed by atoms with Crippen LogP contribution >= 0.6 is 0 Å². The number of esters is 1. The van der Waals surface area contributed by atoms with Gasteiger partial charge in [-0.2, -0.15) is 0 Å². The number of methoxy groups -OCH3 is 2. The number of nitrogens with one attached hydrogen (secondary N) is 1. The van der Waals surface area contributed by atoms with Crippen LogP contribution in [0.3, 0.4) is 0 Å². The Bertz CT molecular complexity index is 433. The van der Waals surface area contributed by atoms with Crippen molar-refractivity contribution in [3.05, 3.63) is 35.4 Å². The molecule has 0 aromatic heterocycles. The van der Waals surface area contributed by atoms with E-state index in [9.17, 15) is 4.79 Å². The number of ether oxygens (including phenoxy) is 2. The van der Waals surface area contributed by atoms with E-state index in [-0.39, 0.29) is 5.97 Å². The number of hydrogen-bond donors (Lipinski definition) is 1. The van der Waals surface area contributed by atoms with E-state index in [1.54, 1.807) is 7.11 Å². The maximum absolute atomic E-state index is 12.2. The average Bonchev–Trinajstić information content (AvgIpc) is 2.79. The molecule has 0 saturated carbocycles. The van der Waals surface area contributed by atoms with Crippen LogP contribution in [0.25, 0.3) is 0 Å². The van der Waals surface area contributed by atoms with Crippen molar-refractivity contribution in [1.82, 2.24) is 5.32 Å².